The van der Waals surface area contributed by atoms with Gasteiger partial charge in [-0.25, -0.2) is 0 Å². The molecule has 0 atom stereocenters. The molecule has 0 aliphatic rings. The predicted molar refractivity (Wildman–Crippen MR) is 88.0 cm³/mol. The molecule has 0 amide bonds. The van der Waals surface area contributed by atoms with Gasteiger partial charge in [0.05, 0.1) is 0 Å². The Morgan fingerprint density at radius 3 is 2.24 bits per heavy atom. The summed E-state index contributed by atoms with van der Waals surface area (Å²) in [6, 6.07) is 19.9. The Balaban J connectivity index is 0.000000186. The van der Waals surface area contributed by atoms with Crippen molar-refractivity contribution < 1.29 is 0 Å². The third kappa shape index (κ3) is 2.63. The first-order chi connectivity index (χ1) is 10.4. The minimum atomic E-state index is 0.949. The molecule has 1 N–H and O–H groups in total. The fourth-order valence-electron chi connectivity index (χ4n) is 2.33. The van der Waals surface area contributed by atoms with E-state index in [4.69, 9.17) is 6.42 Å². The maximum absolute atomic E-state index is 5.50. The molecule has 100 valence electrons. The molecule has 2 nitrogen and oxygen atoms in total. The number of aromatic amines is 1. The number of fused-ring (bicyclic) bond motifs is 3. The molecule has 0 spiro atoms. The van der Waals surface area contributed by atoms with Crippen LogP contribution < -0.4 is 0 Å². The van der Waals surface area contributed by atoms with E-state index in [1.165, 1.54) is 5.39 Å². The number of hydrogen-bond acceptors (Lipinski definition) is 1. The van der Waals surface area contributed by atoms with Crippen molar-refractivity contribution in [3.8, 4) is 12.3 Å². The van der Waals surface area contributed by atoms with Crippen LogP contribution in [-0.2, 0) is 0 Å². The molecule has 0 aliphatic carbocycles. The molecule has 4 aromatic rings. The zero-order valence-electron chi connectivity index (χ0n) is 11.5. The summed E-state index contributed by atoms with van der Waals surface area (Å²) in [6.07, 6.45) is 9.00. The molecular formula is C19H14N2. The van der Waals surface area contributed by atoms with Crippen LogP contribution in [0.2, 0.25) is 0 Å². The molecule has 2 heterocycles. The van der Waals surface area contributed by atoms with Gasteiger partial charge >= 0.3 is 0 Å². The van der Waals surface area contributed by atoms with E-state index in [0.29, 0.717) is 0 Å². The molecule has 4 rings (SSSR count). The normalized spacial score (nSPS) is 9.86. The lowest BCUT2D eigenvalue weighted by molar-refractivity contribution is 1.33. The molecule has 0 fully saturated rings. The predicted octanol–water partition coefficient (Wildman–Crippen LogP) is 4.38. The van der Waals surface area contributed by atoms with Crippen LogP contribution >= 0.6 is 0 Å². The van der Waals surface area contributed by atoms with E-state index in [1.54, 1.807) is 12.4 Å². The fourth-order valence-corrected chi connectivity index (χ4v) is 2.33. The molecule has 0 saturated heterocycles. The van der Waals surface area contributed by atoms with Crippen LogP contribution in [0.4, 0.5) is 0 Å². The van der Waals surface area contributed by atoms with Gasteiger partial charge in [0.15, 0.2) is 0 Å². The summed E-state index contributed by atoms with van der Waals surface area (Å²) >= 11 is 0. The van der Waals surface area contributed by atoms with Crippen molar-refractivity contribution in [1.29, 1.82) is 0 Å². The molecule has 0 bridgehead atoms. The summed E-state index contributed by atoms with van der Waals surface area (Å²) in [6.45, 7) is 0. The highest BCUT2D eigenvalue weighted by Crippen LogP contribution is 2.27. The van der Waals surface area contributed by atoms with Gasteiger partial charge in [0, 0.05) is 39.8 Å². The van der Waals surface area contributed by atoms with Crippen molar-refractivity contribution in [1.82, 2.24) is 9.97 Å². The van der Waals surface area contributed by atoms with Gasteiger partial charge in [-0.1, -0.05) is 36.3 Å². The van der Waals surface area contributed by atoms with Crippen LogP contribution in [0.3, 0.4) is 0 Å². The third-order valence-corrected chi connectivity index (χ3v) is 3.25. The number of terminal acetylenes is 1. The van der Waals surface area contributed by atoms with Crippen LogP contribution in [0.5, 0.6) is 0 Å². The number of hydrogen-bond donors (Lipinski definition) is 1. The number of nitrogens with one attached hydrogen (secondary N) is 1. The van der Waals surface area contributed by atoms with Crippen LogP contribution in [0.15, 0.2) is 73.1 Å². The van der Waals surface area contributed by atoms with Gasteiger partial charge in [-0.3, -0.25) is 4.98 Å². The number of H-pyrrole nitrogens is 1. The summed E-state index contributed by atoms with van der Waals surface area (Å²) in [5, 5.41) is 2.34. The minimum absolute atomic E-state index is 0.949. The van der Waals surface area contributed by atoms with E-state index in [-0.39, 0.29) is 0 Å². The first-order valence-electron chi connectivity index (χ1n) is 6.71. The molecule has 2 aromatic carbocycles. The van der Waals surface area contributed by atoms with Crippen molar-refractivity contribution in [3.63, 3.8) is 0 Å². The van der Waals surface area contributed by atoms with Gasteiger partial charge in [0.1, 0.15) is 0 Å². The average Bonchev–Trinajstić information content (AvgIpc) is 2.95. The Labute approximate surface area is 123 Å². The van der Waals surface area contributed by atoms with Gasteiger partial charge in [-0.2, -0.15) is 0 Å². The monoisotopic (exact) mass is 270 g/mol. The van der Waals surface area contributed by atoms with Crippen molar-refractivity contribution in [2.24, 2.45) is 0 Å². The molecule has 2 heteroatoms. The Hall–Kier alpha value is -3.05. The Bertz CT molecular complexity index is 872. The van der Waals surface area contributed by atoms with Crippen molar-refractivity contribution in [2.45, 2.75) is 0 Å². The van der Waals surface area contributed by atoms with Gasteiger partial charge < -0.3 is 4.98 Å². The molecule has 0 saturated carbocycles. The van der Waals surface area contributed by atoms with Gasteiger partial charge in [0.2, 0.25) is 0 Å². The number of rotatable bonds is 0. The number of nitrogens with zero attached hydrogens (tertiary/aromatic N) is 1. The first-order valence-corrected chi connectivity index (χ1v) is 6.71. The van der Waals surface area contributed by atoms with E-state index in [9.17, 15) is 0 Å². The quantitative estimate of drug-likeness (QED) is 0.472. The highest BCUT2D eigenvalue weighted by molar-refractivity contribution is 6.09. The van der Waals surface area contributed by atoms with Crippen molar-refractivity contribution in [3.05, 3.63) is 78.6 Å². The smallest absolute Gasteiger partial charge is 0.0477 e. The van der Waals surface area contributed by atoms with Crippen LogP contribution in [0, 0.1) is 12.3 Å². The van der Waals surface area contributed by atoms with E-state index in [1.807, 2.05) is 42.5 Å². The SMILES string of the molecule is C#Cc1cccc2[nH]c3ccccc3c12.c1ccncc1. The standard InChI is InChI=1S/C14H9N.C5H5N/c1-2-10-6-5-9-13-14(10)11-7-3-4-8-12(11)15-13;1-2-4-6-5-3-1/h1,3-9,15H;1-5H. The average molecular weight is 270 g/mol. The Morgan fingerprint density at radius 2 is 1.57 bits per heavy atom. The molecule has 21 heavy (non-hydrogen) atoms. The molecular weight excluding hydrogens is 256 g/mol. The second kappa shape index (κ2) is 5.94. The lowest BCUT2D eigenvalue weighted by atomic mass is 10.1. The molecule has 0 radical (unpaired) electrons. The second-order valence-corrected chi connectivity index (χ2v) is 4.57. The summed E-state index contributed by atoms with van der Waals surface area (Å²) in [5.74, 6) is 2.73. The van der Waals surface area contributed by atoms with Crippen LogP contribution in [-0.4, -0.2) is 9.97 Å². The number of benzene rings is 2. The summed E-state index contributed by atoms with van der Waals surface area (Å²) in [5.41, 5.74) is 3.19. The minimum Gasteiger partial charge on any atom is -0.354 e. The summed E-state index contributed by atoms with van der Waals surface area (Å²) < 4.78 is 0. The van der Waals surface area contributed by atoms with Gasteiger partial charge in [-0.05, 0) is 30.3 Å². The Kier molecular flexibility index (Phi) is 3.66. The maximum atomic E-state index is 5.50. The zero-order chi connectivity index (χ0) is 14.5. The van der Waals surface area contributed by atoms with E-state index >= 15 is 0 Å². The number of para-hydroxylation sites is 1. The topological polar surface area (TPSA) is 28.7 Å². The molecule has 0 unspecified atom stereocenters. The van der Waals surface area contributed by atoms with Crippen molar-refractivity contribution >= 4 is 21.8 Å². The highest BCUT2D eigenvalue weighted by Gasteiger charge is 2.05. The molecule has 0 aliphatic heterocycles. The largest absolute Gasteiger partial charge is 0.354 e. The summed E-state index contributed by atoms with van der Waals surface area (Å²) in [4.78, 5) is 7.14. The van der Waals surface area contributed by atoms with E-state index < -0.39 is 0 Å². The van der Waals surface area contributed by atoms with Crippen molar-refractivity contribution in [2.75, 3.05) is 0 Å². The van der Waals surface area contributed by atoms with Gasteiger partial charge in [-0.15, -0.1) is 6.42 Å². The van der Waals surface area contributed by atoms with E-state index in [0.717, 1.165) is 22.0 Å². The van der Waals surface area contributed by atoms with Crippen LogP contribution in [0.1, 0.15) is 5.56 Å². The fraction of sp³-hybridized carbons (Fsp3) is 0. The maximum Gasteiger partial charge on any atom is 0.0477 e. The zero-order valence-corrected chi connectivity index (χ0v) is 11.5. The Morgan fingerprint density at radius 1 is 0.810 bits per heavy atom. The third-order valence-electron chi connectivity index (χ3n) is 3.25. The van der Waals surface area contributed by atoms with Crippen LogP contribution in [0.25, 0.3) is 21.8 Å². The van der Waals surface area contributed by atoms with Gasteiger partial charge in [0.25, 0.3) is 0 Å². The number of aromatic nitrogens is 2. The molecule has 2 aromatic heterocycles. The van der Waals surface area contributed by atoms with E-state index in [2.05, 4.69) is 34.1 Å². The lowest BCUT2D eigenvalue weighted by Gasteiger charge is -1.94. The first kappa shape index (κ1) is 13.0. The second-order valence-electron chi connectivity index (χ2n) is 4.57. The summed E-state index contributed by atoms with van der Waals surface area (Å²) in [7, 11) is 0. The highest BCUT2D eigenvalue weighted by atomic mass is 14.7. The lowest BCUT2D eigenvalue weighted by Crippen LogP contribution is -1.75. The number of pyridine rings is 1.